The van der Waals surface area contributed by atoms with Crippen molar-refractivity contribution in [1.82, 2.24) is 19.4 Å². The number of carbonyl (C=O) groups is 2. The second kappa shape index (κ2) is 15.3. The number of nitrogens with one attached hydrogen (secondary N) is 1. The number of aromatic nitrogens is 2. The molecule has 4 heterocycles. The zero-order chi connectivity index (χ0) is 38.0. The number of carbonyl (C=O) groups excluding carboxylic acids is 2. The van der Waals surface area contributed by atoms with E-state index in [1.54, 1.807) is 29.2 Å². The summed E-state index contributed by atoms with van der Waals surface area (Å²) < 4.78 is 39.0. The molecule has 0 saturated carbocycles. The van der Waals surface area contributed by atoms with Crippen LogP contribution in [0.1, 0.15) is 64.1 Å². The Hall–Kier alpha value is -4.77. The molecule has 10 nitrogen and oxygen atoms in total. The van der Waals surface area contributed by atoms with E-state index >= 15 is 0 Å². The number of benzene rings is 3. The summed E-state index contributed by atoms with van der Waals surface area (Å²) in [6.07, 6.45) is 2.59. The second-order valence-corrected chi connectivity index (χ2v) is 17.9. The lowest BCUT2D eigenvalue weighted by Crippen LogP contribution is -2.38. The summed E-state index contributed by atoms with van der Waals surface area (Å²) in [4.78, 5) is 32.2. The molecule has 0 saturated heterocycles. The van der Waals surface area contributed by atoms with E-state index in [0.717, 1.165) is 29.4 Å². The fourth-order valence-electron chi connectivity index (χ4n) is 7.18. The third-order valence-corrected chi connectivity index (χ3v) is 11.3. The van der Waals surface area contributed by atoms with Gasteiger partial charge in [0.2, 0.25) is 0 Å². The Morgan fingerprint density at radius 2 is 1.19 bits per heavy atom. The molecule has 0 bridgehead atoms. The van der Waals surface area contributed by atoms with Gasteiger partial charge in [0, 0.05) is 78.8 Å². The highest BCUT2D eigenvalue weighted by molar-refractivity contribution is 7.91. The number of amides is 2. The summed E-state index contributed by atoms with van der Waals surface area (Å²) in [6.45, 7) is 14.2. The number of hydrogen-bond acceptors (Lipinski definition) is 6. The SMILES string of the molecule is CC(C)(C)OC(=O)N1CCc2[nH]c3ccccc3c2CC1.CC(C)(C)OC(=O)N1CCc2c(n(CCS(=O)(=O)c3ccccc3)c3ccccc23)CC1. The maximum absolute atomic E-state index is 12.9. The van der Waals surface area contributed by atoms with E-state index in [9.17, 15) is 18.0 Å². The molecule has 0 fully saturated rings. The Bertz CT molecular complexity index is 2190. The molecule has 282 valence electrons. The highest BCUT2D eigenvalue weighted by atomic mass is 32.2. The molecule has 7 rings (SSSR count). The van der Waals surface area contributed by atoms with Crippen LogP contribution in [-0.2, 0) is 51.5 Å². The van der Waals surface area contributed by atoms with Gasteiger partial charge in [0.25, 0.3) is 0 Å². The Labute approximate surface area is 313 Å². The first kappa shape index (κ1) is 38.0. The number of H-pyrrole nitrogens is 1. The molecule has 1 N–H and O–H groups in total. The summed E-state index contributed by atoms with van der Waals surface area (Å²) in [6, 6.07) is 25.1. The molecule has 0 radical (unpaired) electrons. The van der Waals surface area contributed by atoms with E-state index in [1.807, 2.05) is 76.8 Å². The molecule has 0 atom stereocenters. The van der Waals surface area contributed by atoms with Crippen molar-refractivity contribution < 1.29 is 27.5 Å². The average molecular weight is 741 g/mol. The standard InChI is InChI=1S/C25H30N2O4S.C17H22N2O2/c1-25(2,3)31-24(28)26-15-13-21-20-11-7-8-12-22(20)27(23(21)14-16-26)17-18-32(29,30)19-9-5-4-6-10-19;1-17(2,3)21-16(20)19-10-8-13-12-6-4-5-7-14(12)18-15(13)9-11-19/h4-12H,13-18H2,1-3H3;4-7,18H,8-11H2,1-3H3. The molecule has 2 aromatic heterocycles. The van der Waals surface area contributed by atoms with E-state index in [0.29, 0.717) is 50.5 Å². The van der Waals surface area contributed by atoms with Crippen LogP contribution in [0.2, 0.25) is 0 Å². The van der Waals surface area contributed by atoms with Crippen molar-refractivity contribution in [3.8, 4) is 0 Å². The highest BCUT2D eigenvalue weighted by Gasteiger charge is 2.28. The van der Waals surface area contributed by atoms with E-state index < -0.39 is 21.0 Å². The van der Waals surface area contributed by atoms with E-state index in [-0.39, 0.29) is 17.9 Å². The van der Waals surface area contributed by atoms with Gasteiger partial charge in [-0.25, -0.2) is 18.0 Å². The lowest BCUT2D eigenvalue weighted by Gasteiger charge is -2.26. The van der Waals surface area contributed by atoms with Gasteiger partial charge < -0.3 is 28.8 Å². The molecular weight excluding hydrogens is 689 g/mol. The van der Waals surface area contributed by atoms with Crippen molar-refractivity contribution in [1.29, 1.82) is 0 Å². The lowest BCUT2D eigenvalue weighted by molar-refractivity contribution is 0.0247. The molecule has 3 aromatic carbocycles. The van der Waals surface area contributed by atoms with Crippen LogP contribution in [0.4, 0.5) is 9.59 Å². The van der Waals surface area contributed by atoms with Crippen molar-refractivity contribution in [2.24, 2.45) is 0 Å². The molecule has 53 heavy (non-hydrogen) atoms. The summed E-state index contributed by atoms with van der Waals surface area (Å²) in [5, 5.41) is 2.41. The third kappa shape index (κ3) is 9.07. The molecule has 2 aliphatic rings. The first-order chi connectivity index (χ1) is 25.1. The van der Waals surface area contributed by atoms with Gasteiger partial charge in [0.05, 0.1) is 10.6 Å². The Morgan fingerprint density at radius 1 is 0.660 bits per heavy atom. The van der Waals surface area contributed by atoms with E-state index in [2.05, 4.69) is 33.8 Å². The van der Waals surface area contributed by atoms with Crippen molar-refractivity contribution in [3.05, 3.63) is 101 Å². The van der Waals surface area contributed by atoms with Crippen molar-refractivity contribution in [2.75, 3.05) is 31.9 Å². The first-order valence-electron chi connectivity index (χ1n) is 18.5. The van der Waals surface area contributed by atoms with Crippen LogP contribution in [0, 0.1) is 0 Å². The number of aromatic amines is 1. The number of hydrogen-bond donors (Lipinski definition) is 1. The number of nitrogens with zero attached hydrogens (tertiary/aromatic N) is 3. The number of fused-ring (bicyclic) bond motifs is 6. The van der Waals surface area contributed by atoms with Gasteiger partial charge in [0.1, 0.15) is 11.2 Å². The van der Waals surface area contributed by atoms with Crippen LogP contribution in [0.3, 0.4) is 0 Å². The number of ether oxygens (including phenoxy) is 2. The quantitative estimate of drug-likeness (QED) is 0.200. The summed E-state index contributed by atoms with van der Waals surface area (Å²) in [5.41, 5.74) is 6.16. The Kier molecular flexibility index (Phi) is 11.0. The fraction of sp³-hybridized carbons (Fsp3) is 0.429. The van der Waals surface area contributed by atoms with Crippen molar-refractivity contribution >= 4 is 43.8 Å². The van der Waals surface area contributed by atoms with Crippen molar-refractivity contribution in [2.45, 2.75) is 89.9 Å². The minimum Gasteiger partial charge on any atom is -0.444 e. The van der Waals surface area contributed by atoms with Gasteiger partial charge in [-0.05, 0) is 89.8 Å². The second-order valence-electron chi connectivity index (χ2n) is 15.8. The summed E-state index contributed by atoms with van der Waals surface area (Å²) in [5.74, 6) is 0.0257. The maximum Gasteiger partial charge on any atom is 0.410 e. The summed E-state index contributed by atoms with van der Waals surface area (Å²) in [7, 11) is -3.39. The molecular formula is C42H52N4O6S. The number of rotatable bonds is 4. The zero-order valence-corrected chi connectivity index (χ0v) is 32.6. The van der Waals surface area contributed by atoms with Gasteiger partial charge >= 0.3 is 12.2 Å². The monoisotopic (exact) mass is 740 g/mol. The predicted octanol–water partition coefficient (Wildman–Crippen LogP) is 7.95. The smallest absolute Gasteiger partial charge is 0.410 e. The predicted molar refractivity (Wildman–Crippen MR) is 209 cm³/mol. The van der Waals surface area contributed by atoms with Gasteiger partial charge in [-0.1, -0.05) is 54.6 Å². The van der Waals surface area contributed by atoms with Crippen LogP contribution in [-0.4, -0.2) is 83.1 Å². The number of para-hydroxylation sites is 2. The van der Waals surface area contributed by atoms with E-state index in [1.165, 1.54) is 27.7 Å². The van der Waals surface area contributed by atoms with Crippen molar-refractivity contribution in [3.63, 3.8) is 0 Å². The molecule has 11 heteroatoms. The van der Waals surface area contributed by atoms with Crippen LogP contribution < -0.4 is 0 Å². The first-order valence-corrected chi connectivity index (χ1v) is 20.2. The fourth-order valence-corrected chi connectivity index (χ4v) is 8.41. The Morgan fingerprint density at radius 3 is 1.83 bits per heavy atom. The van der Waals surface area contributed by atoms with Gasteiger partial charge in [-0.2, -0.15) is 0 Å². The number of sulfone groups is 1. The molecule has 0 aliphatic carbocycles. The zero-order valence-electron chi connectivity index (χ0n) is 31.8. The van der Waals surface area contributed by atoms with Gasteiger partial charge in [-0.3, -0.25) is 0 Å². The third-order valence-electron chi connectivity index (χ3n) is 9.60. The molecule has 0 unspecified atom stereocenters. The number of aryl methyl sites for hydroxylation is 1. The minimum absolute atomic E-state index is 0.0257. The van der Waals surface area contributed by atoms with Crippen LogP contribution in [0.15, 0.2) is 83.8 Å². The normalized spacial score (nSPS) is 15.1. The largest absolute Gasteiger partial charge is 0.444 e. The maximum atomic E-state index is 12.9. The summed E-state index contributed by atoms with van der Waals surface area (Å²) >= 11 is 0. The molecule has 2 aliphatic heterocycles. The average Bonchev–Trinajstić information content (AvgIpc) is 3.38. The topological polar surface area (TPSA) is 114 Å². The van der Waals surface area contributed by atoms with Crippen LogP contribution >= 0.6 is 0 Å². The minimum atomic E-state index is -3.39. The lowest BCUT2D eigenvalue weighted by atomic mass is 10.1. The van der Waals surface area contributed by atoms with Crippen LogP contribution in [0.5, 0.6) is 0 Å². The van der Waals surface area contributed by atoms with E-state index in [4.69, 9.17) is 9.47 Å². The van der Waals surface area contributed by atoms with Crippen LogP contribution in [0.25, 0.3) is 21.8 Å². The molecule has 2 amide bonds. The van der Waals surface area contributed by atoms with Gasteiger partial charge in [0.15, 0.2) is 9.84 Å². The van der Waals surface area contributed by atoms with Gasteiger partial charge in [-0.15, -0.1) is 0 Å². The highest BCUT2D eigenvalue weighted by Crippen LogP contribution is 2.31. The Balaban J connectivity index is 0.000000198. The molecule has 5 aromatic rings. The molecule has 0 spiro atoms.